The van der Waals surface area contributed by atoms with E-state index in [2.05, 4.69) is 0 Å². The third-order valence-corrected chi connectivity index (χ3v) is 2.77. The molecule has 1 saturated heterocycles. The predicted molar refractivity (Wildman–Crippen MR) is 52.2 cm³/mol. The molecule has 1 aliphatic rings. The van der Waals surface area contributed by atoms with E-state index in [0.717, 1.165) is 0 Å². The third-order valence-electron chi connectivity index (χ3n) is 2.77. The van der Waals surface area contributed by atoms with Crippen LogP contribution < -0.4 is 10.2 Å². The maximum atomic E-state index is 9.89. The SMILES string of the molecule is CC1(C)CC(O)CC(C)(C)[NH+]1O.O=C[O-]. The van der Waals surface area contributed by atoms with Gasteiger partial charge in [-0.15, -0.1) is 0 Å². The van der Waals surface area contributed by atoms with E-state index in [-0.39, 0.29) is 17.2 Å². The molecular formula is C10H21NO4. The van der Waals surface area contributed by atoms with Crippen molar-refractivity contribution in [2.75, 3.05) is 0 Å². The molecule has 15 heavy (non-hydrogen) atoms. The summed E-state index contributed by atoms with van der Waals surface area (Å²) in [5, 5.41) is 28.2. The van der Waals surface area contributed by atoms with Gasteiger partial charge in [0, 0.05) is 19.3 Å². The number of hydroxylamine groups is 2. The van der Waals surface area contributed by atoms with E-state index in [1.54, 1.807) is 0 Å². The quantitative estimate of drug-likeness (QED) is 0.426. The van der Waals surface area contributed by atoms with Gasteiger partial charge in [-0.1, -0.05) is 0 Å². The van der Waals surface area contributed by atoms with Crippen LogP contribution in [0.1, 0.15) is 40.5 Å². The van der Waals surface area contributed by atoms with Crippen LogP contribution in [0.4, 0.5) is 0 Å². The van der Waals surface area contributed by atoms with Gasteiger partial charge in [-0.05, 0) is 27.7 Å². The molecule has 5 nitrogen and oxygen atoms in total. The Kier molecular flexibility index (Phi) is 4.70. The van der Waals surface area contributed by atoms with E-state index in [1.807, 2.05) is 27.7 Å². The highest BCUT2D eigenvalue weighted by Crippen LogP contribution is 2.22. The number of hydrogen-bond donors (Lipinski definition) is 3. The maximum absolute atomic E-state index is 9.89. The number of carbonyl (C=O) groups excluding carboxylic acids is 1. The molecule has 1 aliphatic heterocycles. The molecule has 1 heterocycles. The third kappa shape index (κ3) is 3.77. The second-order valence-electron chi connectivity index (χ2n) is 5.27. The van der Waals surface area contributed by atoms with Crippen molar-refractivity contribution in [2.45, 2.75) is 57.7 Å². The number of carbonyl (C=O) groups is 1. The van der Waals surface area contributed by atoms with E-state index < -0.39 is 6.47 Å². The zero-order valence-electron chi connectivity index (χ0n) is 9.78. The summed E-state index contributed by atoms with van der Waals surface area (Å²) in [6.45, 7) is 7.41. The highest BCUT2D eigenvalue weighted by atomic mass is 16.5. The first-order chi connectivity index (χ1) is 6.67. The number of nitrogens with one attached hydrogen (secondary N) is 1. The van der Waals surface area contributed by atoms with E-state index in [0.29, 0.717) is 17.9 Å². The lowest BCUT2D eigenvalue weighted by atomic mass is 9.80. The molecule has 90 valence electrons. The Morgan fingerprint density at radius 1 is 1.27 bits per heavy atom. The second-order valence-corrected chi connectivity index (χ2v) is 5.27. The van der Waals surface area contributed by atoms with Gasteiger partial charge in [-0.3, -0.25) is 0 Å². The van der Waals surface area contributed by atoms with Crippen LogP contribution in [0.25, 0.3) is 0 Å². The molecule has 0 radical (unpaired) electrons. The van der Waals surface area contributed by atoms with Gasteiger partial charge in [0.1, 0.15) is 11.1 Å². The molecule has 0 amide bonds. The van der Waals surface area contributed by atoms with E-state index in [4.69, 9.17) is 9.90 Å². The van der Waals surface area contributed by atoms with E-state index in [1.165, 1.54) is 0 Å². The average Bonchev–Trinajstić information content (AvgIpc) is 1.99. The van der Waals surface area contributed by atoms with Crippen molar-refractivity contribution in [1.82, 2.24) is 0 Å². The molecule has 5 heteroatoms. The number of hydrogen-bond acceptors (Lipinski definition) is 4. The summed E-state index contributed by atoms with van der Waals surface area (Å²) in [7, 11) is 0. The monoisotopic (exact) mass is 219 g/mol. The van der Waals surface area contributed by atoms with Crippen molar-refractivity contribution < 1.29 is 25.3 Å². The van der Waals surface area contributed by atoms with Crippen molar-refractivity contribution in [1.29, 1.82) is 0 Å². The summed E-state index contributed by atoms with van der Waals surface area (Å²) in [6.07, 6.45) is 1.07. The first-order valence-electron chi connectivity index (χ1n) is 4.98. The van der Waals surface area contributed by atoms with Crippen molar-refractivity contribution in [3.05, 3.63) is 0 Å². The molecule has 0 unspecified atom stereocenters. The van der Waals surface area contributed by atoms with Crippen LogP contribution in [0.15, 0.2) is 0 Å². The highest BCUT2D eigenvalue weighted by molar-refractivity contribution is 5.29. The number of aliphatic hydroxyl groups is 1. The highest BCUT2D eigenvalue weighted by Gasteiger charge is 2.49. The van der Waals surface area contributed by atoms with E-state index >= 15 is 0 Å². The van der Waals surface area contributed by atoms with E-state index in [9.17, 15) is 10.3 Å². The zero-order valence-corrected chi connectivity index (χ0v) is 9.78. The Balaban J connectivity index is 0.000000583. The molecule has 0 atom stereocenters. The number of quaternary nitrogens is 1. The minimum atomic E-state index is -0.500. The van der Waals surface area contributed by atoms with Crippen molar-refractivity contribution in [3.8, 4) is 0 Å². The summed E-state index contributed by atoms with van der Waals surface area (Å²) in [5.41, 5.74) is -0.470. The Bertz CT molecular complexity index is 197. The normalized spacial score (nSPS) is 32.4. The first kappa shape index (κ1) is 14.3. The van der Waals surface area contributed by atoms with Crippen LogP contribution in [0.3, 0.4) is 0 Å². The number of rotatable bonds is 0. The number of aliphatic hydroxyl groups excluding tert-OH is 1. The predicted octanol–water partition coefficient (Wildman–Crippen LogP) is -1.66. The van der Waals surface area contributed by atoms with Crippen LogP contribution in [0.5, 0.6) is 0 Å². The second kappa shape index (κ2) is 4.92. The molecule has 0 bridgehead atoms. The molecule has 0 aromatic carbocycles. The van der Waals surface area contributed by atoms with Crippen LogP contribution >= 0.6 is 0 Å². The molecular weight excluding hydrogens is 198 g/mol. The minimum Gasteiger partial charge on any atom is -0.554 e. The summed E-state index contributed by atoms with van der Waals surface area (Å²) in [4.78, 5) is 8.25. The molecule has 0 aromatic heterocycles. The van der Waals surface area contributed by atoms with Gasteiger partial charge in [-0.25, -0.2) is 5.21 Å². The fourth-order valence-corrected chi connectivity index (χ4v) is 2.36. The first-order valence-corrected chi connectivity index (χ1v) is 4.98. The molecule has 3 N–H and O–H groups in total. The van der Waals surface area contributed by atoms with Crippen LogP contribution in [-0.4, -0.2) is 34.0 Å². The molecule has 0 saturated carbocycles. The van der Waals surface area contributed by atoms with Gasteiger partial charge in [0.15, 0.2) is 0 Å². The topological polar surface area (TPSA) is 85.0 Å². The Hall–Kier alpha value is -0.650. The lowest BCUT2D eigenvalue weighted by Gasteiger charge is -2.45. The molecule has 1 rings (SSSR count). The van der Waals surface area contributed by atoms with Gasteiger partial charge >= 0.3 is 0 Å². The summed E-state index contributed by atoms with van der Waals surface area (Å²) in [5.74, 6) is 0. The van der Waals surface area contributed by atoms with Gasteiger partial charge in [0.2, 0.25) is 0 Å². The Morgan fingerprint density at radius 3 is 1.80 bits per heavy atom. The fourth-order valence-electron chi connectivity index (χ4n) is 2.36. The molecule has 1 fully saturated rings. The smallest absolute Gasteiger partial charge is 0.124 e. The van der Waals surface area contributed by atoms with Gasteiger partial charge < -0.3 is 15.0 Å². The number of piperidine rings is 1. The van der Waals surface area contributed by atoms with Gasteiger partial charge in [0.25, 0.3) is 0 Å². The Morgan fingerprint density at radius 2 is 1.53 bits per heavy atom. The molecule has 0 aromatic rings. The number of carboxylic acid groups (broad SMARTS) is 1. The summed E-state index contributed by atoms with van der Waals surface area (Å²) < 4.78 is 0. The molecule has 0 spiro atoms. The summed E-state index contributed by atoms with van der Waals surface area (Å²) >= 11 is 0. The van der Waals surface area contributed by atoms with Gasteiger partial charge in [-0.2, -0.15) is 5.06 Å². The van der Waals surface area contributed by atoms with Crippen molar-refractivity contribution in [2.24, 2.45) is 0 Å². The van der Waals surface area contributed by atoms with Crippen molar-refractivity contribution >= 4 is 6.47 Å². The maximum Gasteiger partial charge on any atom is 0.124 e. The summed E-state index contributed by atoms with van der Waals surface area (Å²) in [6, 6.07) is 0. The van der Waals surface area contributed by atoms with Crippen LogP contribution in [-0.2, 0) is 4.79 Å². The van der Waals surface area contributed by atoms with Crippen LogP contribution in [0, 0.1) is 0 Å². The van der Waals surface area contributed by atoms with Gasteiger partial charge in [0.05, 0.1) is 6.10 Å². The Labute approximate surface area is 90.3 Å². The largest absolute Gasteiger partial charge is 0.554 e. The van der Waals surface area contributed by atoms with Crippen molar-refractivity contribution in [3.63, 3.8) is 0 Å². The lowest BCUT2D eigenvalue weighted by molar-refractivity contribution is -1.16. The zero-order chi connectivity index (χ0) is 12.3. The molecule has 0 aliphatic carbocycles. The van der Waals surface area contributed by atoms with Crippen LogP contribution in [0.2, 0.25) is 0 Å². The standard InChI is InChI=1S/C9H19NO2.CH2O2/c1-8(2)5-7(11)6-9(3,4)10(8)12;2-1-3/h7,11-12H,5-6H2,1-4H3;1H,(H,2,3). The lowest BCUT2D eigenvalue weighted by Crippen LogP contribution is -3.25. The fraction of sp³-hybridized carbons (Fsp3) is 0.900. The average molecular weight is 219 g/mol. The minimum absolute atomic E-state index is 0.235.